The molecule has 3 aromatic rings. The van der Waals surface area contributed by atoms with Crippen LogP contribution >= 0.6 is 22.6 Å². The van der Waals surface area contributed by atoms with Crippen LogP contribution in [0.2, 0.25) is 0 Å². The number of rotatable bonds is 11. The van der Waals surface area contributed by atoms with Gasteiger partial charge in [-0.1, -0.05) is 0 Å². The number of nitrogens with zero attached hydrogens (tertiary/aromatic N) is 2. The van der Waals surface area contributed by atoms with Crippen LogP contribution in [0.5, 0.6) is 28.7 Å². The molecule has 0 N–H and O–H groups in total. The first-order chi connectivity index (χ1) is 19.8. The summed E-state index contributed by atoms with van der Waals surface area (Å²) in [6.45, 7) is 8.10. The van der Waals surface area contributed by atoms with Gasteiger partial charge >= 0.3 is 0 Å². The van der Waals surface area contributed by atoms with Crippen molar-refractivity contribution in [3.63, 3.8) is 0 Å². The Kier molecular flexibility index (Phi) is 9.37. The number of amides is 1. The van der Waals surface area contributed by atoms with Crippen molar-refractivity contribution in [3.05, 3.63) is 68.3 Å². The van der Waals surface area contributed by atoms with Crippen LogP contribution < -0.4 is 18.9 Å². The first kappa shape index (κ1) is 29.2. The van der Waals surface area contributed by atoms with Crippen LogP contribution in [0.15, 0.2) is 47.5 Å². The predicted octanol–water partition coefficient (Wildman–Crippen LogP) is 7.97. The molecule has 0 saturated carbocycles. The second-order valence-electron chi connectivity index (χ2n) is 10.6. The lowest BCUT2D eigenvalue weighted by molar-refractivity contribution is 0.0774. The molecule has 1 saturated heterocycles. The standard InChI is InChI=1S/C33H37IN2O5/c1-21-15-26(18-31(38-4)23(21)3)41-32-17-25(10-11-28(32)34)39-13-6-5-7-14-40-30-19-29-27(16-22(30)2)33(37)36-12-8-9-24(36)20-35-29/h10-11,15-20,24H,5-9,12-14H2,1-4H3/t24-/m0/s1. The molecule has 0 bridgehead atoms. The summed E-state index contributed by atoms with van der Waals surface area (Å²) in [5.74, 6) is 3.95. The van der Waals surface area contributed by atoms with E-state index < -0.39 is 0 Å². The number of carbonyl (C=O) groups is 1. The summed E-state index contributed by atoms with van der Waals surface area (Å²) >= 11 is 2.27. The van der Waals surface area contributed by atoms with E-state index in [-0.39, 0.29) is 11.9 Å². The molecule has 0 spiro atoms. The zero-order chi connectivity index (χ0) is 28.9. The summed E-state index contributed by atoms with van der Waals surface area (Å²) in [6, 6.07) is 13.8. The number of benzene rings is 3. The van der Waals surface area contributed by atoms with Crippen molar-refractivity contribution in [2.24, 2.45) is 4.99 Å². The van der Waals surface area contributed by atoms with Crippen LogP contribution in [-0.4, -0.2) is 49.9 Å². The fourth-order valence-corrected chi connectivity index (χ4v) is 5.67. The molecule has 0 unspecified atom stereocenters. The van der Waals surface area contributed by atoms with E-state index in [1.54, 1.807) is 7.11 Å². The van der Waals surface area contributed by atoms with E-state index in [4.69, 9.17) is 18.9 Å². The van der Waals surface area contributed by atoms with Crippen molar-refractivity contribution in [2.75, 3.05) is 26.9 Å². The second kappa shape index (κ2) is 13.1. The molecule has 1 fully saturated rings. The van der Waals surface area contributed by atoms with Gasteiger partial charge in [0, 0.05) is 31.0 Å². The van der Waals surface area contributed by atoms with E-state index in [1.807, 2.05) is 67.4 Å². The lowest BCUT2D eigenvalue weighted by atomic mass is 10.1. The molecule has 0 radical (unpaired) electrons. The summed E-state index contributed by atoms with van der Waals surface area (Å²) in [5, 5.41) is 0. The largest absolute Gasteiger partial charge is 0.496 e. The van der Waals surface area contributed by atoms with Crippen molar-refractivity contribution < 1.29 is 23.7 Å². The van der Waals surface area contributed by atoms with Crippen LogP contribution in [0.4, 0.5) is 5.69 Å². The summed E-state index contributed by atoms with van der Waals surface area (Å²) < 4.78 is 24.8. The number of halogens is 1. The summed E-state index contributed by atoms with van der Waals surface area (Å²) in [7, 11) is 1.67. The third-order valence-corrected chi connectivity index (χ3v) is 8.62. The highest BCUT2D eigenvalue weighted by atomic mass is 127. The third-order valence-electron chi connectivity index (χ3n) is 7.73. The molecule has 2 aliphatic heterocycles. The van der Waals surface area contributed by atoms with E-state index in [0.29, 0.717) is 24.5 Å². The normalized spacial score (nSPS) is 15.8. The number of ether oxygens (including phenoxy) is 4. The number of hydrogen-bond donors (Lipinski definition) is 0. The van der Waals surface area contributed by atoms with E-state index in [0.717, 1.165) is 87.7 Å². The number of unbranched alkanes of at least 4 members (excludes halogenated alkanes) is 2. The van der Waals surface area contributed by atoms with E-state index in [1.165, 1.54) is 0 Å². The number of methoxy groups -OCH3 is 1. The summed E-state index contributed by atoms with van der Waals surface area (Å²) in [5.41, 5.74) is 4.56. The maximum absolute atomic E-state index is 13.0. The Hall–Kier alpha value is -3.27. The minimum atomic E-state index is 0.0759. The molecular weight excluding hydrogens is 631 g/mol. The Morgan fingerprint density at radius 1 is 0.902 bits per heavy atom. The zero-order valence-electron chi connectivity index (χ0n) is 24.2. The molecule has 41 heavy (non-hydrogen) atoms. The molecule has 8 heteroatoms. The number of aliphatic imine (C=N–C) groups is 1. The summed E-state index contributed by atoms with van der Waals surface area (Å²) in [6.07, 6.45) is 6.74. The van der Waals surface area contributed by atoms with Crippen molar-refractivity contribution in [3.8, 4) is 28.7 Å². The molecule has 2 aliphatic rings. The van der Waals surface area contributed by atoms with Crippen molar-refractivity contribution in [1.29, 1.82) is 0 Å². The van der Waals surface area contributed by atoms with Gasteiger partial charge in [0.15, 0.2) is 0 Å². The molecule has 3 aromatic carbocycles. The quantitative estimate of drug-likeness (QED) is 0.153. The topological polar surface area (TPSA) is 69.6 Å². The second-order valence-corrected chi connectivity index (χ2v) is 11.8. The van der Waals surface area contributed by atoms with Gasteiger partial charge in [-0.25, -0.2) is 0 Å². The minimum Gasteiger partial charge on any atom is -0.496 e. The lowest BCUT2D eigenvalue weighted by Gasteiger charge is -2.20. The van der Waals surface area contributed by atoms with Crippen molar-refractivity contribution >= 4 is 40.4 Å². The van der Waals surface area contributed by atoms with Crippen LogP contribution in [0, 0.1) is 24.3 Å². The molecule has 5 rings (SSSR count). The van der Waals surface area contributed by atoms with Gasteiger partial charge in [-0.15, -0.1) is 0 Å². The van der Waals surface area contributed by atoms with Crippen molar-refractivity contribution in [1.82, 2.24) is 4.90 Å². The molecule has 1 atom stereocenters. The van der Waals surface area contributed by atoms with Crippen LogP contribution in [0.1, 0.15) is 59.2 Å². The maximum Gasteiger partial charge on any atom is 0.256 e. The van der Waals surface area contributed by atoms with Gasteiger partial charge in [-0.2, -0.15) is 0 Å². The fourth-order valence-electron chi connectivity index (χ4n) is 5.23. The van der Waals surface area contributed by atoms with E-state index >= 15 is 0 Å². The maximum atomic E-state index is 13.0. The van der Waals surface area contributed by atoms with Crippen LogP contribution in [-0.2, 0) is 0 Å². The Morgan fingerprint density at radius 2 is 1.68 bits per heavy atom. The molecule has 7 nitrogen and oxygen atoms in total. The van der Waals surface area contributed by atoms with E-state index in [2.05, 4.69) is 34.5 Å². The van der Waals surface area contributed by atoms with Gasteiger partial charge in [0.05, 0.1) is 41.2 Å². The minimum absolute atomic E-state index is 0.0759. The lowest BCUT2D eigenvalue weighted by Crippen LogP contribution is -2.35. The average Bonchev–Trinajstić information content (AvgIpc) is 3.39. The van der Waals surface area contributed by atoms with E-state index in [9.17, 15) is 4.79 Å². The number of hydrogen-bond acceptors (Lipinski definition) is 6. The van der Waals surface area contributed by atoms with Crippen LogP contribution in [0.3, 0.4) is 0 Å². The van der Waals surface area contributed by atoms with Gasteiger partial charge in [0.2, 0.25) is 0 Å². The Balaban J connectivity index is 1.08. The molecule has 0 aliphatic carbocycles. The molecule has 216 valence electrons. The third kappa shape index (κ3) is 6.80. The highest BCUT2D eigenvalue weighted by Crippen LogP contribution is 2.35. The number of fused-ring (bicyclic) bond motifs is 2. The molecule has 1 amide bonds. The van der Waals surface area contributed by atoms with Crippen molar-refractivity contribution in [2.45, 2.75) is 58.9 Å². The SMILES string of the molecule is COc1cc(Oc2cc(OCCCCCOc3cc4c(cc3C)C(=O)N3CCC[C@H]3C=N4)ccc2I)cc(C)c1C. The average molecular weight is 669 g/mol. The van der Waals surface area contributed by atoms with Gasteiger partial charge in [-0.3, -0.25) is 9.79 Å². The Bertz CT molecular complexity index is 1450. The highest BCUT2D eigenvalue weighted by Gasteiger charge is 2.32. The fraction of sp³-hybridized carbons (Fsp3) is 0.394. The first-order valence-electron chi connectivity index (χ1n) is 14.2. The van der Waals surface area contributed by atoms with Gasteiger partial charge in [0.25, 0.3) is 5.91 Å². The van der Waals surface area contributed by atoms with Crippen LogP contribution in [0.25, 0.3) is 0 Å². The van der Waals surface area contributed by atoms with Gasteiger partial charge in [-0.05, 0) is 116 Å². The molecule has 2 heterocycles. The van der Waals surface area contributed by atoms with Gasteiger partial charge in [0.1, 0.15) is 28.7 Å². The number of aryl methyl sites for hydroxylation is 2. The zero-order valence-corrected chi connectivity index (χ0v) is 26.3. The summed E-state index contributed by atoms with van der Waals surface area (Å²) in [4.78, 5) is 19.6. The van der Waals surface area contributed by atoms with Gasteiger partial charge < -0.3 is 23.8 Å². The number of carbonyl (C=O) groups excluding carboxylic acids is 1. The predicted molar refractivity (Wildman–Crippen MR) is 170 cm³/mol. The Morgan fingerprint density at radius 3 is 2.49 bits per heavy atom. The monoisotopic (exact) mass is 668 g/mol. The first-order valence-corrected chi connectivity index (χ1v) is 15.3. The highest BCUT2D eigenvalue weighted by molar-refractivity contribution is 14.1. The smallest absolute Gasteiger partial charge is 0.256 e. The Labute approximate surface area is 256 Å². The molecular formula is C33H37IN2O5. The molecule has 0 aromatic heterocycles.